The lowest BCUT2D eigenvalue weighted by atomic mass is 9.99. The summed E-state index contributed by atoms with van der Waals surface area (Å²) in [4.78, 5) is 17.0. The van der Waals surface area contributed by atoms with E-state index in [2.05, 4.69) is 15.0 Å². The molecule has 2 aliphatic heterocycles. The quantitative estimate of drug-likeness (QED) is 0.635. The molecule has 1 saturated heterocycles. The topological polar surface area (TPSA) is 125 Å². The molecule has 0 unspecified atom stereocenters. The third-order valence-corrected chi connectivity index (χ3v) is 10.00. The molecule has 1 atom stereocenters. The van der Waals surface area contributed by atoms with Gasteiger partial charge in [-0.3, -0.25) is 14.5 Å². The van der Waals surface area contributed by atoms with Crippen LogP contribution in [0, 0.1) is 5.92 Å². The molecule has 32 heavy (non-hydrogen) atoms. The van der Waals surface area contributed by atoms with Gasteiger partial charge in [0.15, 0.2) is 0 Å². The first-order valence-corrected chi connectivity index (χ1v) is 14.1. The lowest BCUT2D eigenvalue weighted by Gasteiger charge is -2.30. The predicted octanol–water partition coefficient (Wildman–Crippen LogP) is 2.26. The Bertz CT molecular complexity index is 1220. The van der Waals surface area contributed by atoms with Crippen LogP contribution in [0.15, 0.2) is 55.9 Å². The summed E-state index contributed by atoms with van der Waals surface area (Å²) in [5, 5.41) is 4.45. The average Bonchev–Trinajstić information content (AvgIpc) is 3.48. The number of hydrogen-bond donors (Lipinski definition) is 2. The van der Waals surface area contributed by atoms with Crippen molar-refractivity contribution in [3.05, 3.63) is 41.8 Å². The van der Waals surface area contributed by atoms with E-state index in [1.54, 1.807) is 29.6 Å². The van der Waals surface area contributed by atoms with Gasteiger partial charge in [-0.15, -0.1) is 11.3 Å². The Kier molecular flexibility index (Phi) is 6.65. The molecule has 9 nitrogen and oxygen atoms in total. The zero-order valence-corrected chi connectivity index (χ0v) is 19.7. The van der Waals surface area contributed by atoms with Gasteiger partial charge < -0.3 is 5.32 Å². The third kappa shape index (κ3) is 5.03. The van der Waals surface area contributed by atoms with Gasteiger partial charge in [-0.05, 0) is 48.9 Å². The molecule has 172 valence electrons. The monoisotopic (exact) mass is 496 g/mol. The average molecular weight is 497 g/mol. The molecule has 3 heterocycles. The number of thiophene rings is 1. The fourth-order valence-electron chi connectivity index (χ4n) is 3.73. The molecule has 4 rings (SSSR count). The molecule has 2 aliphatic rings. The zero-order valence-electron chi connectivity index (χ0n) is 17.2. The van der Waals surface area contributed by atoms with Crippen LogP contribution in [0.3, 0.4) is 0 Å². The van der Waals surface area contributed by atoms with Gasteiger partial charge >= 0.3 is 0 Å². The molecular formula is C20H24N4O5S3. The molecule has 0 radical (unpaired) electrons. The van der Waals surface area contributed by atoms with Crippen molar-refractivity contribution in [3.8, 4) is 0 Å². The number of amidine groups is 1. The lowest BCUT2D eigenvalue weighted by Crippen LogP contribution is -2.43. The van der Waals surface area contributed by atoms with E-state index in [0.717, 1.165) is 17.8 Å². The van der Waals surface area contributed by atoms with E-state index in [4.69, 9.17) is 0 Å². The van der Waals surface area contributed by atoms with Gasteiger partial charge in [0, 0.05) is 31.7 Å². The summed E-state index contributed by atoms with van der Waals surface area (Å²) in [6, 6.07) is 9.23. The Labute approximate surface area is 191 Å². The Morgan fingerprint density at radius 2 is 1.97 bits per heavy atom. The van der Waals surface area contributed by atoms with Crippen LogP contribution < -0.4 is 10.0 Å². The summed E-state index contributed by atoms with van der Waals surface area (Å²) in [6.45, 7) is 1.06. The number of carbonyl (C=O) groups is 1. The van der Waals surface area contributed by atoms with E-state index >= 15 is 0 Å². The van der Waals surface area contributed by atoms with Gasteiger partial charge in [-0.1, -0.05) is 12.1 Å². The molecule has 1 fully saturated rings. The van der Waals surface area contributed by atoms with Crippen molar-refractivity contribution in [1.82, 2.24) is 9.03 Å². The number of piperidine rings is 1. The van der Waals surface area contributed by atoms with Crippen molar-refractivity contribution < 1.29 is 21.6 Å². The molecule has 1 aromatic carbocycles. The minimum absolute atomic E-state index is 0.0236. The maximum Gasteiger partial charge on any atom is 0.262 e. The standard InChI is InChI=1S/C20H24N4O5S3/c25-20(15-5-3-11-24(14-15)32(28,29)19-9-4-12-30-19)22-16-6-1-7-17(13-16)31(26,27)23-18-8-2-10-21-18/h1,4,6-7,9,12-13,15H,2-3,5,8,10-11,14H2,(H,21,23)(H,22,25)/t15-/m1/s1. The number of sulfonamides is 2. The Balaban J connectivity index is 1.44. The zero-order chi connectivity index (χ0) is 22.8. The first-order valence-electron chi connectivity index (χ1n) is 10.3. The van der Waals surface area contributed by atoms with Gasteiger partial charge in [0.25, 0.3) is 20.0 Å². The van der Waals surface area contributed by atoms with Crippen molar-refractivity contribution in [3.63, 3.8) is 0 Å². The molecule has 0 spiro atoms. The molecule has 2 aromatic rings. The van der Waals surface area contributed by atoms with Crippen molar-refractivity contribution in [2.75, 3.05) is 25.0 Å². The summed E-state index contributed by atoms with van der Waals surface area (Å²) in [5.74, 6) is -0.419. The Morgan fingerprint density at radius 3 is 2.69 bits per heavy atom. The van der Waals surface area contributed by atoms with E-state index in [-0.39, 0.29) is 21.6 Å². The second kappa shape index (κ2) is 9.30. The fourth-order valence-corrected chi connectivity index (χ4v) is 7.54. The number of nitrogens with zero attached hydrogens (tertiary/aromatic N) is 2. The summed E-state index contributed by atoms with van der Waals surface area (Å²) in [6.07, 6.45) is 2.53. The first-order chi connectivity index (χ1) is 15.3. The number of anilines is 1. The second-order valence-corrected chi connectivity index (χ2v) is 12.5. The minimum Gasteiger partial charge on any atom is -0.326 e. The number of nitrogens with one attached hydrogen (secondary N) is 2. The van der Waals surface area contributed by atoms with E-state index in [1.807, 2.05) is 0 Å². The highest BCUT2D eigenvalue weighted by Gasteiger charge is 2.34. The maximum absolute atomic E-state index is 12.9. The Morgan fingerprint density at radius 1 is 1.12 bits per heavy atom. The molecule has 0 aliphatic carbocycles. The first kappa shape index (κ1) is 22.9. The van der Waals surface area contributed by atoms with Crippen LogP contribution in [-0.4, -0.2) is 52.5 Å². The summed E-state index contributed by atoms with van der Waals surface area (Å²) in [5.41, 5.74) is 0.337. The van der Waals surface area contributed by atoms with Gasteiger partial charge in [0.2, 0.25) is 5.91 Å². The number of hydrogen-bond acceptors (Lipinski definition) is 7. The second-order valence-electron chi connectivity index (χ2n) is 7.69. The number of rotatable bonds is 6. The number of carbonyl (C=O) groups excluding carboxylic acids is 1. The van der Waals surface area contributed by atoms with Crippen molar-refractivity contribution in [2.45, 2.75) is 34.8 Å². The van der Waals surface area contributed by atoms with Crippen molar-refractivity contribution >= 4 is 48.8 Å². The van der Waals surface area contributed by atoms with Crippen molar-refractivity contribution in [2.24, 2.45) is 10.9 Å². The lowest BCUT2D eigenvalue weighted by molar-refractivity contribution is -0.120. The normalized spacial score (nSPS) is 20.0. The van der Waals surface area contributed by atoms with E-state index < -0.39 is 26.0 Å². The molecule has 1 aromatic heterocycles. The van der Waals surface area contributed by atoms with Crippen LogP contribution in [0.4, 0.5) is 5.69 Å². The van der Waals surface area contributed by atoms with E-state index in [1.165, 1.54) is 16.4 Å². The Hall–Kier alpha value is -2.28. The SMILES string of the molecule is O=C(Nc1cccc(S(=O)(=O)NC2=NCCC2)c1)[C@@H]1CCCN(S(=O)(=O)c2cccs2)C1. The minimum atomic E-state index is -3.80. The molecule has 2 N–H and O–H groups in total. The third-order valence-electron chi connectivity index (χ3n) is 5.38. The van der Waals surface area contributed by atoms with Gasteiger partial charge in [0.05, 0.1) is 10.8 Å². The summed E-state index contributed by atoms with van der Waals surface area (Å²) < 4.78 is 54.9. The highest BCUT2D eigenvalue weighted by atomic mass is 32.2. The van der Waals surface area contributed by atoms with Crippen LogP contribution in [0.2, 0.25) is 0 Å². The van der Waals surface area contributed by atoms with Crippen LogP contribution in [-0.2, 0) is 24.8 Å². The van der Waals surface area contributed by atoms with Gasteiger partial charge in [-0.2, -0.15) is 4.31 Å². The highest BCUT2D eigenvalue weighted by molar-refractivity contribution is 7.91. The maximum atomic E-state index is 12.9. The van der Waals surface area contributed by atoms with Crippen LogP contribution in [0.5, 0.6) is 0 Å². The molecule has 12 heteroatoms. The smallest absolute Gasteiger partial charge is 0.262 e. The number of amides is 1. The number of benzene rings is 1. The fraction of sp³-hybridized carbons (Fsp3) is 0.400. The summed E-state index contributed by atoms with van der Waals surface area (Å²) in [7, 11) is -7.42. The van der Waals surface area contributed by atoms with Gasteiger partial charge in [-0.25, -0.2) is 16.8 Å². The largest absolute Gasteiger partial charge is 0.326 e. The highest BCUT2D eigenvalue weighted by Crippen LogP contribution is 2.27. The van der Waals surface area contributed by atoms with Crippen LogP contribution in [0.1, 0.15) is 25.7 Å². The van der Waals surface area contributed by atoms with E-state index in [0.29, 0.717) is 43.9 Å². The predicted molar refractivity (Wildman–Crippen MR) is 123 cm³/mol. The molecule has 1 amide bonds. The number of aliphatic imine (C=N–C) groups is 1. The van der Waals surface area contributed by atoms with Crippen molar-refractivity contribution in [1.29, 1.82) is 0 Å². The molecule has 0 bridgehead atoms. The molecule has 0 saturated carbocycles. The summed E-state index contributed by atoms with van der Waals surface area (Å²) >= 11 is 1.15. The van der Waals surface area contributed by atoms with E-state index in [9.17, 15) is 21.6 Å². The molecular weight excluding hydrogens is 472 g/mol. The van der Waals surface area contributed by atoms with Gasteiger partial charge in [0.1, 0.15) is 10.0 Å². The van der Waals surface area contributed by atoms with Crippen LogP contribution in [0.25, 0.3) is 0 Å². The van der Waals surface area contributed by atoms with Crippen LogP contribution >= 0.6 is 11.3 Å².